The minimum absolute atomic E-state index is 0.191. The van der Waals surface area contributed by atoms with E-state index in [1.54, 1.807) is 6.07 Å². The second-order valence-electron chi connectivity index (χ2n) is 5.64. The monoisotopic (exact) mass is 315 g/mol. The van der Waals surface area contributed by atoms with E-state index >= 15 is 0 Å². The maximum absolute atomic E-state index is 11.2. The number of amides is 2. The molecular weight excluding hydrogens is 296 g/mol. The van der Waals surface area contributed by atoms with E-state index < -0.39 is 6.03 Å². The summed E-state index contributed by atoms with van der Waals surface area (Å²) in [5.74, 6) is 0.191. The number of carbonyl (C=O) groups excluding carboxylic acids is 1. The van der Waals surface area contributed by atoms with Crippen molar-refractivity contribution in [3.63, 3.8) is 0 Å². The number of urea groups is 1. The summed E-state index contributed by atoms with van der Waals surface area (Å²) in [6.07, 6.45) is 0.751. The molecule has 0 saturated heterocycles. The predicted octanol–water partition coefficient (Wildman–Crippen LogP) is 4.35. The van der Waals surface area contributed by atoms with Crippen LogP contribution in [0.4, 0.5) is 10.5 Å². The lowest BCUT2D eigenvalue weighted by molar-refractivity contribution is 0.259. The number of rotatable bonds is 5. The number of anilines is 1. The average Bonchev–Trinajstić information content (AvgIpc) is 2.62. The second-order valence-corrected chi connectivity index (χ2v) is 5.64. The lowest BCUT2D eigenvalue weighted by Crippen LogP contribution is -2.20. The van der Waals surface area contributed by atoms with Crippen molar-refractivity contribution in [2.75, 3.05) is 5.32 Å². The zero-order chi connectivity index (χ0) is 16.8. The standard InChI is InChI=1S/C21H19N2O/c22-21(24)23-20-14-8-7-13-18(20)15-19(16-9-3-1-4-10-16)17-11-5-2-6-12-17/h1-13,19H,15H2,(H3,22,23,24). The highest BCUT2D eigenvalue weighted by Crippen LogP contribution is 2.30. The van der Waals surface area contributed by atoms with Crippen molar-refractivity contribution in [3.05, 3.63) is 102 Å². The van der Waals surface area contributed by atoms with Crippen LogP contribution in [0.5, 0.6) is 0 Å². The lowest BCUT2D eigenvalue weighted by Gasteiger charge is -2.20. The second kappa shape index (κ2) is 7.47. The molecule has 0 aliphatic carbocycles. The minimum Gasteiger partial charge on any atom is -0.351 e. The Balaban J connectivity index is 1.98. The number of nitrogens with one attached hydrogen (secondary N) is 1. The van der Waals surface area contributed by atoms with Gasteiger partial charge in [-0.05, 0) is 23.1 Å². The number of benzene rings is 3. The fourth-order valence-corrected chi connectivity index (χ4v) is 2.90. The highest BCUT2D eigenvalue weighted by molar-refractivity contribution is 5.88. The summed E-state index contributed by atoms with van der Waals surface area (Å²) in [7, 11) is 0. The Labute approximate surface area is 142 Å². The van der Waals surface area contributed by atoms with Gasteiger partial charge in [0, 0.05) is 12.0 Å². The van der Waals surface area contributed by atoms with Crippen molar-refractivity contribution in [2.45, 2.75) is 12.3 Å². The Hall–Kier alpha value is -3.07. The molecule has 0 aromatic heterocycles. The minimum atomic E-state index is -0.574. The molecule has 3 rings (SSSR count). The fourth-order valence-electron chi connectivity index (χ4n) is 2.90. The molecule has 3 aromatic carbocycles. The van der Waals surface area contributed by atoms with Crippen molar-refractivity contribution in [1.82, 2.24) is 0 Å². The first-order valence-electron chi connectivity index (χ1n) is 7.90. The van der Waals surface area contributed by atoms with Gasteiger partial charge < -0.3 is 11.1 Å². The van der Waals surface area contributed by atoms with Crippen LogP contribution in [0.15, 0.2) is 78.9 Å². The Bertz CT molecular complexity index is 761. The zero-order valence-corrected chi connectivity index (χ0v) is 13.3. The van der Waals surface area contributed by atoms with E-state index in [1.165, 1.54) is 11.1 Å². The summed E-state index contributed by atoms with van der Waals surface area (Å²) < 4.78 is 0. The molecule has 0 heterocycles. The van der Waals surface area contributed by atoms with Crippen LogP contribution >= 0.6 is 0 Å². The first-order valence-corrected chi connectivity index (χ1v) is 7.90. The van der Waals surface area contributed by atoms with Crippen LogP contribution in [-0.2, 0) is 6.42 Å². The molecule has 3 nitrogen and oxygen atoms in total. The first-order chi connectivity index (χ1) is 11.7. The molecule has 0 aliphatic heterocycles. The number of hydrogen-bond donors (Lipinski definition) is 2. The maximum Gasteiger partial charge on any atom is 0.316 e. The summed E-state index contributed by atoms with van der Waals surface area (Å²) in [6, 6.07) is 28.9. The molecule has 0 spiro atoms. The van der Waals surface area contributed by atoms with Gasteiger partial charge in [0.25, 0.3) is 0 Å². The zero-order valence-electron chi connectivity index (χ0n) is 13.3. The third-order valence-electron chi connectivity index (χ3n) is 4.02. The van der Waals surface area contributed by atoms with Crippen LogP contribution in [0, 0.1) is 6.07 Å². The molecule has 2 amide bonds. The van der Waals surface area contributed by atoms with Gasteiger partial charge in [-0.1, -0.05) is 78.9 Å². The smallest absolute Gasteiger partial charge is 0.316 e. The van der Waals surface area contributed by atoms with Gasteiger partial charge in [-0.15, -0.1) is 0 Å². The first kappa shape index (κ1) is 15.8. The number of para-hydroxylation sites is 1. The van der Waals surface area contributed by atoms with Crippen molar-refractivity contribution >= 4 is 11.7 Å². The molecule has 24 heavy (non-hydrogen) atoms. The van der Waals surface area contributed by atoms with Crippen LogP contribution in [0.3, 0.4) is 0 Å². The van der Waals surface area contributed by atoms with Crippen LogP contribution in [0.25, 0.3) is 0 Å². The van der Waals surface area contributed by atoms with Gasteiger partial charge in [-0.2, -0.15) is 0 Å². The number of primary amides is 1. The van der Waals surface area contributed by atoms with Gasteiger partial charge in [-0.25, -0.2) is 4.79 Å². The molecule has 3 N–H and O–H groups in total. The Morgan fingerprint density at radius 2 is 1.50 bits per heavy atom. The van der Waals surface area contributed by atoms with Crippen LogP contribution in [0.2, 0.25) is 0 Å². The Kier molecular flexibility index (Phi) is 4.92. The van der Waals surface area contributed by atoms with E-state index in [0.29, 0.717) is 5.69 Å². The molecule has 0 fully saturated rings. The molecule has 0 atom stereocenters. The van der Waals surface area contributed by atoms with Gasteiger partial charge >= 0.3 is 6.03 Å². The van der Waals surface area contributed by atoms with Crippen molar-refractivity contribution in [3.8, 4) is 0 Å². The van der Waals surface area contributed by atoms with E-state index in [-0.39, 0.29) is 5.92 Å². The average molecular weight is 315 g/mol. The topological polar surface area (TPSA) is 55.1 Å². The molecule has 0 unspecified atom stereocenters. The van der Waals surface area contributed by atoms with Gasteiger partial charge in [-0.3, -0.25) is 0 Å². The normalized spacial score (nSPS) is 10.5. The highest BCUT2D eigenvalue weighted by atomic mass is 16.2. The van der Waals surface area contributed by atoms with Crippen LogP contribution in [-0.4, -0.2) is 6.03 Å². The van der Waals surface area contributed by atoms with E-state index in [4.69, 9.17) is 5.73 Å². The van der Waals surface area contributed by atoms with Gasteiger partial charge in [0.1, 0.15) is 0 Å². The summed E-state index contributed by atoms with van der Waals surface area (Å²) in [5, 5.41) is 2.66. The van der Waals surface area contributed by atoms with E-state index in [0.717, 1.165) is 12.0 Å². The van der Waals surface area contributed by atoms with E-state index in [1.807, 2.05) is 48.5 Å². The summed E-state index contributed by atoms with van der Waals surface area (Å²) >= 11 is 0. The van der Waals surface area contributed by atoms with Gasteiger partial charge in [0.05, 0.1) is 5.69 Å². The molecule has 0 bridgehead atoms. The fraction of sp³-hybridized carbons (Fsp3) is 0.0952. The van der Waals surface area contributed by atoms with Crippen molar-refractivity contribution < 1.29 is 4.79 Å². The molecule has 0 saturated carbocycles. The largest absolute Gasteiger partial charge is 0.351 e. The van der Waals surface area contributed by atoms with E-state index in [9.17, 15) is 4.79 Å². The quantitative estimate of drug-likeness (QED) is 0.722. The molecule has 0 aliphatic rings. The van der Waals surface area contributed by atoms with Gasteiger partial charge in [0.15, 0.2) is 0 Å². The van der Waals surface area contributed by atoms with Crippen LogP contribution < -0.4 is 11.1 Å². The molecule has 3 heteroatoms. The SMILES string of the molecule is NC(=O)Nc1[c]cccc1CC(c1ccccc1)c1ccccc1. The highest BCUT2D eigenvalue weighted by Gasteiger charge is 2.16. The third-order valence-corrected chi connectivity index (χ3v) is 4.02. The van der Waals surface area contributed by atoms with Crippen molar-refractivity contribution in [1.29, 1.82) is 0 Å². The molecular formula is C21H19N2O. The predicted molar refractivity (Wildman–Crippen MR) is 96.9 cm³/mol. The van der Waals surface area contributed by atoms with Crippen LogP contribution in [0.1, 0.15) is 22.6 Å². The maximum atomic E-state index is 11.2. The Morgan fingerprint density at radius 1 is 0.917 bits per heavy atom. The van der Waals surface area contributed by atoms with E-state index in [2.05, 4.69) is 35.6 Å². The van der Waals surface area contributed by atoms with Crippen molar-refractivity contribution in [2.24, 2.45) is 5.73 Å². The lowest BCUT2D eigenvalue weighted by atomic mass is 9.85. The summed E-state index contributed by atoms with van der Waals surface area (Å²) in [6.45, 7) is 0. The molecule has 1 radical (unpaired) electrons. The Morgan fingerprint density at radius 3 is 2.04 bits per heavy atom. The summed E-state index contributed by atoms with van der Waals surface area (Å²) in [5.41, 5.74) is 9.39. The number of hydrogen-bond acceptors (Lipinski definition) is 1. The third kappa shape index (κ3) is 3.82. The summed E-state index contributed by atoms with van der Waals surface area (Å²) in [4.78, 5) is 11.2. The molecule has 119 valence electrons. The molecule has 3 aromatic rings. The number of carbonyl (C=O) groups is 1. The number of nitrogens with two attached hydrogens (primary N) is 1. The van der Waals surface area contributed by atoms with Gasteiger partial charge in [0.2, 0.25) is 0 Å².